The molecule has 1 aliphatic heterocycles. The number of carbonyl (C=O) groups is 2. The molecule has 8 heteroatoms. The van der Waals surface area contributed by atoms with Gasteiger partial charge in [-0.3, -0.25) is 0 Å². The lowest BCUT2D eigenvalue weighted by atomic mass is 10.1. The van der Waals surface area contributed by atoms with Crippen molar-refractivity contribution in [1.29, 1.82) is 0 Å². The predicted octanol–water partition coefficient (Wildman–Crippen LogP) is 2.10. The lowest BCUT2D eigenvalue weighted by Gasteiger charge is -2.17. The fraction of sp³-hybridized carbons (Fsp3) is 0.562. The molecule has 2 heterocycles. The summed E-state index contributed by atoms with van der Waals surface area (Å²) in [6.45, 7) is 6.85. The summed E-state index contributed by atoms with van der Waals surface area (Å²) in [6.07, 6.45) is 4.84. The van der Waals surface area contributed by atoms with Crippen molar-refractivity contribution in [3.8, 4) is 0 Å². The number of esters is 1. The molecule has 1 fully saturated rings. The number of hydrogen-bond acceptors (Lipinski definition) is 7. The van der Waals surface area contributed by atoms with Gasteiger partial charge in [-0.2, -0.15) is 4.99 Å². The Morgan fingerprint density at radius 1 is 1.33 bits per heavy atom. The average molecular weight is 334 g/mol. The van der Waals surface area contributed by atoms with E-state index >= 15 is 0 Å². The van der Waals surface area contributed by atoms with Crippen LogP contribution in [0, 0.1) is 5.92 Å². The number of nitrogens with zero attached hydrogens (tertiary/aromatic N) is 4. The van der Waals surface area contributed by atoms with Gasteiger partial charge in [0.15, 0.2) is 5.69 Å². The summed E-state index contributed by atoms with van der Waals surface area (Å²) in [6, 6.07) is 0. The first-order valence-electron chi connectivity index (χ1n) is 7.71. The first-order valence-corrected chi connectivity index (χ1v) is 7.71. The molecular weight excluding hydrogens is 312 g/mol. The van der Waals surface area contributed by atoms with Crippen molar-refractivity contribution in [2.45, 2.75) is 32.8 Å². The summed E-state index contributed by atoms with van der Waals surface area (Å²) in [4.78, 5) is 37.1. The number of anilines is 1. The average Bonchev–Trinajstić information content (AvgIpc) is 2.99. The van der Waals surface area contributed by atoms with Gasteiger partial charge < -0.3 is 14.4 Å². The summed E-state index contributed by atoms with van der Waals surface area (Å²) >= 11 is 0. The van der Waals surface area contributed by atoms with Crippen LogP contribution in [0.3, 0.4) is 0 Å². The van der Waals surface area contributed by atoms with Gasteiger partial charge in [0.25, 0.3) is 0 Å². The Kier molecular flexibility index (Phi) is 5.48. The first kappa shape index (κ1) is 17.8. The molecule has 130 valence electrons. The molecule has 1 atom stereocenters. The summed E-state index contributed by atoms with van der Waals surface area (Å²) in [5.74, 6) is 0.299. The largest absolute Gasteiger partial charge is 0.464 e. The van der Waals surface area contributed by atoms with E-state index in [1.165, 1.54) is 13.3 Å². The molecule has 2 rings (SSSR count). The van der Waals surface area contributed by atoms with Gasteiger partial charge in [-0.15, -0.1) is 0 Å². The van der Waals surface area contributed by atoms with Crippen LogP contribution in [0.4, 0.5) is 10.6 Å². The van der Waals surface area contributed by atoms with E-state index in [4.69, 9.17) is 4.74 Å². The highest BCUT2D eigenvalue weighted by molar-refractivity contribution is 5.86. The monoisotopic (exact) mass is 334 g/mol. The molecule has 0 bridgehead atoms. The maximum Gasteiger partial charge on any atom is 0.433 e. The van der Waals surface area contributed by atoms with Crippen molar-refractivity contribution < 1.29 is 19.1 Å². The number of amides is 1. The van der Waals surface area contributed by atoms with Gasteiger partial charge in [0.2, 0.25) is 0 Å². The van der Waals surface area contributed by atoms with Crippen LogP contribution in [0.5, 0.6) is 0 Å². The van der Waals surface area contributed by atoms with Gasteiger partial charge in [-0.05, 0) is 27.2 Å². The molecule has 0 aromatic carbocycles. The third-order valence-electron chi connectivity index (χ3n) is 3.37. The second-order valence-electron chi connectivity index (χ2n) is 6.50. The van der Waals surface area contributed by atoms with Crippen LogP contribution in [-0.2, 0) is 9.47 Å². The van der Waals surface area contributed by atoms with Crippen molar-refractivity contribution in [2.24, 2.45) is 10.9 Å². The third-order valence-corrected chi connectivity index (χ3v) is 3.37. The summed E-state index contributed by atoms with van der Waals surface area (Å²) in [7, 11) is 1.30. The number of aliphatic imine (C=N–C) groups is 1. The minimum Gasteiger partial charge on any atom is -0.464 e. The van der Waals surface area contributed by atoms with E-state index < -0.39 is 17.7 Å². The van der Waals surface area contributed by atoms with Crippen LogP contribution >= 0.6 is 0 Å². The lowest BCUT2D eigenvalue weighted by molar-refractivity contribution is 0.0587. The number of ether oxygens (including phenoxy) is 2. The van der Waals surface area contributed by atoms with Crippen molar-refractivity contribution in [1.82, 2.24) is 9.97 Å². The quantitative estimate of drug-likeness (QED) is 0.617. The smallest absolute Gasteiger partial charge is 0.433 e. The molecule has 1 unspecified atom stereocenters. The summed E-state index contributed by atoms with van der Waals surface area (Å²) in [5, 5.41) is 0. The van der Waals surface area contributed by atoms with E-state index in [-0.39, 0.29) is 11.6 Å². The Morgan fingerprint density at radius 2 is 2.08 bits per heavy atom. The van der Waals surface area contributed by atoms with Gasteiger partial charge in [-0.25, -0.2) is 19.6 Å². The van der Waals surface area contributed by atoms with E-state index in [9.17, 15) is 9.59 Å². The van der Waals surface area contributed by atoms with Crippen molar-refractivity contribution in [3.05, 3.63) is 18.1 Å². The minimum absolute atomic E-state index is 0.139. The Balaban J connectivity index is 1.91. The SMILES string of the molecule is COC(=O)c1cnc(N2CCC(C=NC(=O)OC(C)(C)C)C2)cn1. The Hall–Kier alpha value is -2.51. The van der Waals surface area contributed by atoms with E-state index in [2.05, 4.69) is 19.7 Å². The van der Waals surface area contributed by atoms with E-state index in [0.717, 1.165) is 13.0 Å². The van der Waals surface area contributed by atoms with E-state index in [1.807, 2.05) is 4.90 Å². The molecule has 0 N–H and O–H groups in total. The Labute approximate surface area is 140 Å². The number of aromatic nitrogens is 2. The maximum atomic E-state index is 11.6. The fourth-order valence-electron chi connectivity index (χ4n) is 2.27. The topological polar surface area (TPSA) is 94.0 Å². The van der Waals surface area contributed by atoms with Gasteiger partial charge in [0.05, 0.1) is 19.5 Å². The van der Waals surface area contributed by atoms with Crippen LogP contribution in [-0.4, -0.2) is 54.0 Å². The molecule has 0 radical (unpaired) electrons. The fourth-order valence-corrected chi connectivity index (χ4v) is 2.27. The zero-order valence-electron chi connectivity index (χ0n) is 14.4. The zero-order chi connectivity index (χ0) is 17.7. The Bertz CT molecular complexity index is 622. The zero-order valence-corrected chi connectivity index (χ0v) is 14.4. The lowest BCUT2D eigenvalue weighted by Crippen LogP contribution is -2.23. The van der Waals surface area contributed by atoms with Crippen LogP contribution in [0.1, 0.15) is 37.7 Å². The molecule has 1 aliphatic rings. The molecule has 1 aromatic rings. The molecule has 1 amide bonds. The number of hydrogen-bond donors (Lipinski definition) is 0. The van der Waals surface area contributed by atoms with Crippen LogP contribution in [0.25, 0.3) is 0 Å². The van der Waals surface area contributed by atoms with Crippen molar-refractivity contribution >= 4 is 24.1 Å². The second kappa shape index (κ2) is 7.37. The molecule has 0 aliphatic carbocycles. The van der Waals surface area contributed by atoms with Crippen molar-refractivity contribution in [3.63, 3.8) is 0 Å². The van der Waals surface area contributed by atoms with Gasteiger partial charge in [0, 0.05) is 25.2 Å². The normalized spacial score (nSPS) is 18.0. The van der Waals surface area contributed by atoms with Gasteiger partial charge in [0.1, 0.15) is 11.4 Å². The maximum absolute atomic E-state index is 11.6. The molecule has 0 saturated carbocycles. The van der Waals surface area contributed by atoms with Crippen molar-refractivity contribution in [2.75, 3.05) is 25.1 Å². The summed E-state index contributed by atoms with van der Waals surface area (Å²) < 4.78 is 9.73. The predicted molar refractivity (Wildman–Crippen MR) is 88.4 cm³/mol. The van der Waals surface area contributed by atoms with E-state index in [1.54, 1.807) is 33.2 Å². The number of rotatable bonds is 3. The van der Waals surface area contributed by atoms with E-state index in [0.29, 0.717) is 12.4 Å². The molecule has 1 saturated heterocycles. The Morgan fingerprint density at radius 3 is 2.67 bits per heavy atom. The highest BCUT2D eigenvalue weighted by atomic mass is 16.6. The molecule has 8 nitrogen and oxygen atoms in total. The highest BCUT2D eigenvalue weighted by Crippen LogP contribution is 2.20. The second-order valence-corrected chi connectivity index (χ2v) is 6.50. The molecule has 24 heavy (non-hydrogen) atoms. The number of methoxy groups -OCH3 is 1. The molecular formula is C16H22N4O4. The third kappa shape index (κ3) is 5.00. The van der Waals surface area contributed by atoms with Crippen LogP contribution in [0.15, 0.2) is 17.4 Å². The minimum atomic E-state index is -0.580. The van der Waals surface area contributed by atoms with Crippen LogP contribution in [0.2, 0.25) is 0 Å². The van der Waals surface area contributed by atoms with Gasteiger partial charge >= 0.3 is 12.1 Å². The molecule has 0 spiro atoms. The first-order chi connectivity index (χ1) is 11.3. The van der Waals surface area contributed by atoms with Crippen LogP contribution < -0.4 is 4.90 Å². The standard InChI is InChI=1S/C16H22N4O4/c1-16(2,3)24-15(22)19-7-11-5-6-20(10-11)13-9-17-12(8-18-13)14(21)23-4/h7-9,11H,5-6,10H2,1-4H3. The highest BCUT2D eigenvalue weighted by Gasteiger charge is 2.23. The number of carbonyl (C=O) groups excluding carboxylic acids is 2. The molecule has 1 aromatic heterocycles. The summed E-state index contributed by atoms with van der Waals surface area (Å²) in [5.41, 5.74) is -0.379. The van der Waals surface area contributed by atoms with Gasteiger partial charge in [-0.1, -0.05) is 0 Å².